The van der Waals surface area contributed by atoms with Gasteiger partial charge >= 0.3 is 0 Å². The fraction of sp³-hybridized carbons (Fsp3) is 0.0741. The number of nitro benzene ring substituents is 1. The average Bonchev–Trinajstić information content (AvgIpc) is 2.89. The lowest BCUT2D eigenvalue weighted by molar-refractivity contribution is -0.384. The van der Waals surface area contributed by atoms with Gasteiger partial charge in [-0.1, -0.05) is 42.1 Å². The number of anilines is 2. The van der Waals surface area contributed by atoms with E-state index in [0.29, 0.717) is 23.8 Å². The first-order valence-electron chi connectivity index (χ1n) is 11.1. The van der Waals surface area contributed by atoms with Crippen LogP contribution in [0.1, 0.15) is 11.3 Å². The topological polar surface area (TPSA) is 103 Å². The Balaban J connectivity index is 1.39. The van der Waals surface area contributed by atoms with Crippen LogP contribution in [-0.4, -0.2) is 19.9 Å². The van der Waals surface area contributed by atoms with Gasteiger partial charge in [0, 0.05) is 27.6 Å². The van der Waals surface area contributed by atoms with Crippen molar-refractivity contribution in [3.05, 3.63) is 113 Å². The number of ether oxygens (including phenoxy) is 1. The van der Waals surface area contributed by atoms with Gasteiger partial charge in [0.25, 0.3) is 5.69 Å². The molecule has 0 radical (unpaired) electrons. The molecule has 9 heteroatoms. The second kappa shape index (κ2) is 10.4. The van der Waals surface area contributed by atoms with Crippen LogP contribution in [0, 0.1) is 17.0 Å². The predicted octanol–water partition coefficient (Wildman–Crippen LogP) is 6.72. The smallest absolute Gasteiger partial charge is 0.271 e. The van der Waals surface area contributed by atoms with Crippen LogP contribution in [0.15, 0.2) is 101 Å². The molecule has 0 spiro atoms. The summed E-state index contributed by atoms with van der Waals surface area (Å²) in [7, 11) is 0. The highest BCUT2D eigenvalue weighted by Crippen LogP contribution is 2.38. The standard InChI is InChI=1S/C27H21N5O3S/c1-18-7-13-23-26(30-18)28-17-29-27(23)31-24-15-20(32(33)34)8-14-25(24)36-22-11-9-21(10-12-22)35-16-19-5-3-2-4-6-19/h2-15,17H,16H2,1H3,(H,28,29,30,31). The molecule has 0 amide bonds. The monoisotopic (exact) mass is 495 g/mol. The van der Waals surface area contributed by atoms with E-state index >= 15 is 0 Å². The summed E-state index contributed by atoms with van der Waals surface area (Å²) in [5.41, 5.74) is 3.05. The molecule has 1 N–H and O–H groups in total. The number of nitro groups is 1. The number of aromatic nitrogens is 3. The highest BCUT2D eigenvalue weighted by Gasteiger charge is 2.15. The Morgan fingerprint density at radius 1 is 0.972 bits per heavy atom. The molecule has 2 aromatic heterocycles. The molecule has 0 fully saturated rings. The van der Waals surface area contributed by atoms with Crippen LogP contribution in [0.5, 0.6) is 5.75 Å². The predicted molar refractivity (Wildman–Crippen MR) is 140 cm³/mol. The molecule has 8 nitrogen and oxygen atoms in total. The van der Waals surface area contributed by atoms with Crippen molar-refractivity contribution >= 4 is 40.0 Å². The lowest BCUT2D eigenvalue weighted by atomic mass is 10.2. The van der Waals surface area contributed by atoms with Crippen LogP contribution in [0.25, 0.3) is 11.0 Å². The van der Waals surface area contributed by atoms with Crippen molar-refractivity contribution in [1.29, 1.82) is 0 Å². The van der Waals surface area contributed by atoms with Crippen molar-refractivity contribution in [3.8, 4) is 5.75 Å². The van der Waals surface area contributed by atoms with Crippen molar-refractivity contribution in [2.45, 2.75) is 23.3 Å². The number of non-ortho nitro benzene ring substituents is 1. The van der Waals surface area contributed by atoms with Crippen molar-refractivity contribution in [1.82, 2.24) is 15.0 Å². The van der Waals surface area contributed by atoms with E-state index < -0.39 is 4.92 Å². The van der Waals surface area contributed by atoms with Crippen molar-refractivity contribution in [3.63, 3.8) is 0 Å². The van der Waals surface area contributed by atoms with Crippen LogP contribution in [0.3, 0.4) is 0 Å². The molecular weight excluding hydrogens is 474 g/mol. The number of hydrogen-bond donors (Lipinski definition) is 1. The van der Waals surface area contributed by atoms with Gasteiger partial charge in [-0.15, -0.1) is 0 Å². The fourth-order valence-electron chi connectivity index (χ4n) is 3.55. The summed E-state index contributed by atoms with van der Waals surface area (Å²) in [5.74, 6) is 1.29. The summed E-state index contributed by atoms with van der Waals surface area (Å²) in [6, 6.07) is 26.2. The maximum Gasteiger partial charge on any atom is 0.271 e. The Hall–Kier alpha value is -4.50. The van der Waals surface area contributed by atoms with Gasteiger partial charge in [-0.25, -0.2) is 15.0 Å². The Labute approximate surface area is 211 Å². The molecule has 2 heterocycles. The fourth-order valence-corrected chi connectivity index (χ4v) is 4.44. The third-order valence-electron chi connectivity index (χ3n) is 5.36. The van der Waals surface area contributed by atoms with Crippen LogP contribution >= 0.6 is 11.8 Å². The minimum atomic E-state index is -0.415. The molecule has 3 aromatic carbocycles. The second-order valence-corrected chi connectivity index (χ2v) is 9.07. The largest absolute Gasteiger partial charge is 0.489 e. The third-order valence-corrected chi connectivity index (χ3v) is 6.45. The first-order chi connectivity index (χ1) is 17.5. The van der Waals surface area contributed by atoms with E-state index in [1.165, 1.54) is 30.2 Å². The van der Waals surface area contributed by atoms with E-state index in [1.54, 1.807) is 6.07 Å². The van der Waals surface area contributed by atoms with Crippen molar-refractivity contribution in [2.24, 2.45) is 0 Å². The quantitative estimate of drug-likeness (QED) is 0.187. The van der Waals surface area contributed by atoms with Crippen molar-refractivity contribution in [2.75, 3.05) is 5.32 Å². The zero-order valence-electron chi connectivity index (χ0n) is 19.3. The molecule has 0 aliphatic carbocycles. The Morgan fingerprint density at radius 3 is 2.56 bits per heavy atom. The summed E-state index contributed by atoms with van der Waals surface area (Å²) in [4.78, 5) is 25.8. The number of pyridine rings is 1. The Kier molecular flexibility index (Phi) is 6.72. The number of nitrogens with one attached hydrogen (secondary N) is 1. The molecule has 178 valence electrons. The molecular formula is C27H21N5O3S. The van der Waals surface area contributed by atoms with E-state index in [1.807, 2.05) is 73.7 Å². The minimum absolute atomic E-state index is 0.0150. The minimum Gasteiger partial charge on any atom is -0.489 e. The van der Waals surface area contributed by atoms with Crippen LogP contribution in [0.2, 0.25) is 0 Å². The number of fused-ring (bicyclic) bond motifs is 1. The van der Waals surface area contributed by atoms with Crippen molar-refractivity contribution < 1.29 is 9.66 Å². The molecule has 0 atom stereocenters. The average molecular weight is 496 g/mol. The zero-order chi connectivity index (χ0) is 24.9. The summed E-state index contributed by atoms with van der Waals surface area (Å²) in [5, 5.41) is 15.4. The first-order valence-corrected chi connectivity index (χ1v) is 12.0. The molecule has 36 heavy (non-hydrogen) atoms. The SMILES string of the molecule is Cc1ccc2c(Nc3cc([N+](=O)[O-])ccc3Sc3ccc(OCc4ccccc4)cc3)ncnc2n1. The highest BCUT2D eigenvalue weighted by atomic mass is 32.2. The van der Waals surface area contributed by atoms with E-state index in [2.05, 4.69) is 20.3 Å². The van der Waals surface area contributed by atoms with Gasteiger partial charge in [0.05, 0.1) is 16.0 Å². The number of nitrogens with zero attached hydrogens (tertiary/aromatic N) is 4. The number of aryl methyl sites for hydroxylation is 1. The number of hydrogen-bond acceptors (Lipinski definition) is 8. The molecule has 0 saturated heterocycles. The first kappa shape index (κ1) is 23.3. The van der Waals surface area contributed by atoms with Gasteiger partial charge in [-0.3, -0.25) is 10.1 Å². The number of benzene rings is 3. The van der Waals surface area contributed by atoms with Gasteiger partial charge < -0.3 is 10.1 Å². The van der Waals surface area contributed by atoms with Gasteiger partial charge in [0.1, 0.15) is 24.5 Å². The lowest BCUT2D eigenvalue weighted by Gasteiger charge is -2.13. The summed E-state index contributed by atoms with van der Waals surface area (Å²) in [6.45, 7) is 2.38. The van der Waals surface area contributed by atoms with Gasteiger partial charge in [-0.05, 0) is 55.0 Å². The molecule has 0 aliphatic rings. The molecule has 0 unspecified atom stereocenters. The van der Waals surface area contributed by atoms with E-state index in [0.717, 1.165) is 32.2 Å². The molecule has 0 aliphatic heterocycles. The summed E-state index contributed by atoms with van der Waals surface area (Å²) >= 11 is 1.49. The van der Waals surface area contributed by atoms with Crippen LogP contribution < -0.4 is 10.1 Å². The highest BCUT2D eigenvalue weighted by molar-refractivity contribution is 7.99. The number of rotatable bonds is 8. The molecule has 5 aromatic rings. The van der Waals surface area contributed by atoms with E-state index in [9.17, 15) is 10.1 Å². The summed E-state index contributed by atoms with van der Waals surface area (Å²) < 4.78 is 5.87. The van der Waals surface area contributed by atoms with E-state index in [4.69, 9.17) is 4.74 Å². The Morgan fingerprint density at radius 2 is 1.78 bits per heavy atom. The lowest BCUT2D eigenvalue weighted by Crippen LogP contribution is -2.00. The normalized spacial score (nSPS) is 10.8. The summed E-state index contributed by atoms with van der Waals surface area (Å²) in [6.07, 6.45) is 1.43. The Bertz CT molecular complexity index is 1530. The van der Waals surface area contributed by atoms with Gasteiger partial charge in [0.15, 0.2) is 5.65 Å². The molecule has 0 bridgehead atoms. The van der Waals surface area contributed by atoms with Gasteiger partial charge in [0.2, 0.25) is 0 Å². The van der Waals surface area contributed by atoms with Crippen LogP contribution in [0.4, 0.5) is 17.2 Å². The third kappa shape index (κ3) is 5.42. The molecule has 5 rings (SSSR count). The second-order valence-electron chi connectivity index (χ2n) is 7.96. The zero-order valence-corrected chi connectivity index (χ0v) is 20.1. The maximum absolute atomic E-state index is 11.4. The van der Waals surface area contributed by atoms with Crippen LogP contribution in [-0.2, 0) is 6.61 Å². The van der Waals surface area contributed by atoms with Gasteiger partial charge in [-0.2, -0.15) is 0 Å². The molecule has 0 saturated carbocycles. The maximum atomic E-state index is 11.4. The van der Waals surface area contributed by atoms with E-state index in [-0.39, 0.29) is 5.69 Å².